The molecule has 2 rings (SSSR count). The van der Waals surface area contributed by atoms with Gasteiger partial charge in [-0.1, -0.05) is 18.2 Å². The fourth-order valence-electron chi connectivity index (χ4n) is 3.05. The Morgan fingerprint density at radius 3 is 2.25 bits per heavy atom. The molecule has 0 heterocycles. The third kappa shape index (κ3) is 6.90. The van der Waals surface area contributed by atoms with Gasteiger partial charge in [-0.25, -0.2) is 4.79 Å². The average Bonchev–Trinajstić information content (AvgIpc) is 2.81. The van der Waals surface area contributed by atoms with Crippen LogP contribution in [0, 0.1) is 5.92 Å². The molecule has 0 fully saturated rings. The quantitative estimate of drug-likeness (QED) is 0.338. The van der Waals surface area contributed by atoms with Gasteiger partial charge in [0.1, 0.15) is 11.5 Å². The lowest BCUT2D eigenvalue weighted by molar-refractivity contribution is -0.158. The number of rotatable bonds is 10. The molecule has 0 bridgehead atoms. The van der Waals surface area contributed by atoms with Crippen molar-refractivity contribution in [2.45, 2.75) is 12.8 Å². The predicted octanol–water partition coefficient (Wildman–Crippen LogP) is 3.00. The molecule has 0 saturated heterocycles. The normalized spacial score (nSPS) is 10.3. The van der Waals surface area contributed by atoms with Crippen molar-refractivity contribution in [1.29, 1.82) is 0 Å². The van der Waals surface area contributed by atoms with E-state index in [4.69, 9.17) is 23.7 Å². The number of methoxy groups -OCH3 is 4. The van der Waals surface area contributed by atoms with Crippen LogP contribution in [-0.4, -0.2) is 53.1 Å². The highest BCUT2D eigenvalue weighted by molar-refractivity contribution is 5.95. The van der Waals surface area contributed by atoms with E-state index >= 15 is 0 Å². The number of amides is 1. The molecular weight excluding hydrogens is 418 g/mol. The van der Waals surface area contributed by atoms with E-state index < -0.39 is 23.9 Å². The number of carbonyl (C=O) groups excluding carboxylic acids is 3. The molecular formula is C23H27NO8. The molecule has 2 aromatic rings. The smallest absolute Gasteiger partial charge is 0.411 e. The molecule has 0 aromatic heterocycles. The summed E-state index contributed by atoms with van der Waals surface area (Å²) in [6.45, 7) is 0.0903. The second kappa shape index (κ2) is 12.2. The highest BCUT2D eigenvalue weighted by Gasteiger charge is 2.29. The van der Waals surface area contributed by atoms with E-state index in [2.05, 4.69) is 5.32 Å². The van der Waals surface area contributed by atoms with E-state index in [1.165, 1.54) is 28.4 Å². The van der Waals surface area contributed by atoms with Gasteiger partial charge in [-0.05, 0) is 35.7 Å². The fraction of sp³-hybridized carbons (Fsp3) is 0.348. The third-order valence-corrected chi connectivity index (χ3v) is 4.68. The van der Waals surface area contributed by atoms with Crippen molar-refractivity contribution in [3.8, 4) is 11.5 Å². The second-order valence-corrected chi connectivity index (χ2v) is 6.69. The van der Waals surface area contributed by atoms with E-state index in [1.807, 2.05) is 0 Å². The van der Waals surface area contributed by atoms with Crippen LogP contribution in [0.15, 0.2) is 42.5 Å². The first-order chi connectivity index (χ1) is 15.4. The van der Waals surface area contributed by atoms with Crippen LogP contribution < -0.4 is 14.8 Å². The van der Waals surface area contributed by atoms with Crippen molar-refractivity contribution in [3.63, 3.8) is 0 Å². The molecule has 9 heteroatoms. The Hall–Kier alpha value is -3.75. The van der Waals surface area contributed by atoms with Crippen LogP contribution in [-0.2, 0) is 36.6 Å². The van der Waals surface area contributed by atoms with E-state index in [1.54, 1.807) is 42.5 Å². The SMILES string of the molecule is COC(=O)C(Cc1ccc(OC)c(CCOC(=O)Nc2cccc(OC)c2)c1)C(=O)OC. The van der Waals surface area contributed by atoms with Gasteiger partial charge in [0.15, 0.2) is 5.92 Å². The Labute approximate surface area is 186 Å². The van der Waals surface area contributed by atoms with Gasteiger partial charge in [0.05, 0.1) is 35.0 Å². The Morgan fingerprint density at radius 1 is 0.906 bits per heavy atom. The molecule has 1 N–H and O–H groups in total. The number of anilines is 1. The molecule has 9 nitrogen and oxygen atoms in total. The number of ether oxygens (including phenoxy) is 5. The van der Waals surface area contributed by atoms with Gasteiger partial charge in [-0.15, -0.1) is 0 Å². The number of carbonyl (C=O) groups is 3. The minimum Gasteiger partial charge on any atom is -0.497 e. The number of nitrogens with one attached hydrogen (secondary N) is 1. The van der Waals surface area contributed by atoms with Gasteiger partial charge in [-0.2, -0.15) is 0 Å². The van der Waals surface area contributed by atoms with Crippen LogP contribution in [0.4, 0.5) is 10.5 Å². The maximum absolute atomic E-state index is 12.1. The zero-order valence-corrected chi connectivity index (χ0v) is 18.5. The van der Waals surface area contributed by atoms with E-state index in [0.717, 1.165) is 5.56 Å². The molecule has 0 aliphatic rings. The number of esters is 2. The molecule has 0 aliphatic carbocycles. The molecule has 0 radical (unpaired) electrons. The van der Waals surface area contributed by atoms with E-state index in [9.17, 15) is 14.4 Å². The number of hydrogen-bond donors (Lipinski definition) is 1. The molecule has 0 aliphatic heterocycles. The lowest BCUT2D eigenvalue weighted by atomic mass is 9.97. The Bertz CT molecular complexity index is 927. The van der Waals surface area contributed by atoms with Gasteiger partial charge in [0.2, 0.25) is 0 Å². The van der Waals surface area contributed by atoms with E-state index in [0.29, 0.717) is 29.2 Å². The van der Waals surface area contributed by atoms with Gasteiger partial charge < -0.3 is 23.7 Å². The summed E-state index contributed by atoms with van der Waals surface area (Å²) in [4.78, 5) is 36.0. The summed E-state index contributed by atoms with van der Waals surface area (Å²) in [7, 11) is 5.50. The van der Waals surface area contributed by atoms with Crippen molar-refractivity contribution in [2.75, 3.05) is 40.4 Å². The first-order valence-corrected chi connectivity index (χ1v) is 9.81. The highest BCUT2D eigenvalue weighted by atomic mass is 16.6. The van der Waals surface area contributed by atoms with Gasteiger partial charge >= 0.3 is 18.0 Å². The zero-order chi connectivity index (χ0) is 23.5. The van der Waals surface area contributed by atoms with E-state index in [-0.39, 0.29) is 13.0 Å². The molecule has 2 aromatic carbocycles. The fourth-order valence-corrected chi connectivity index (χ4v) is 3.05. The van der Waals surface area contributed by atoms with Crippen molar-refractivity contribution in [1.82, 2.24) is 0 Å². The first-order valence-electron chi connectivity index (χ1n) is 9.81. The Kier molecular flexibility index (Phi) is 9.34. The van der Waals surface area contributed by atoms with Crippen LogP contribution in [0.1, 0.15) is 11.1 Å². The Balaban J connectivity index is 2.01. The molecule has 0 unspecified atom stereocenters. The largest absolute Gasteiger partial charge is 0.497 e. The van der Waals surface area contributed by atoms with Crippen molar-refractivity contribution in [2.24, 2.45) is 5.92 Å². The summed E-state index contributed by atoms with van der Waals surface area (Å²) in [5.41, 5.74) is 2.01. The number of hydrogen-bond acceptors (Lipinski definition) is 8. The molecule has 0 spiro atoms. The summed E-state index contributed by atoms with van der Waals surface area (Å²) in [5.74, 6) is -1.21. The molecule has 0 atom stereocenters. The molecule has 32 heavy (non-hydrogen) atoms. The topological polar surface area (TPSA) is 109 Å². The molecule has 172 valence electrons. The predicted molar refractivity (Wildman–Crippen MR) is 116 cm³/mol. The first kappa shape index (κ1) is 24.5. The van der Waals surface area contributed by atoms with Crippen molar-refractivity contribution in [3.05, 3.63) is 53.6 Å². The summed E-state index contributed by atoms with van der Waals surface area (Å²) >= 11 is 0. The zero-order valence-electron chi connectivity index (χ0n) is 18.5. The van der Waals surface area contributed by atoms with Crippen molar-refractivity contribution < 1.29 is 38.1 Å². The van der Waals surface area contributed by atoms with Crippen LogP contribution in [0.25, 0.3) is 0 Å². The second-order valence-electron chi connectivity index (χ2n) is 6.69. The lowest BCUT2D eigenvalue weighted by Gasteiger charge is -2.15. The van der Waals surface area contributed by atoms with Gasteiger partial charge in [0.25, 0.3) is 0 Å². The third-order valence-electron chi connectivity index (χ3n) is 4.68. The maximum Gasteiger partial charge on any atom is 0.411 e. The number of benzene rings is 2. The summed E-state index contributed by atoms with van der Waals surface area (Å²) in [5, 5.41) is 2.63. The van der Waals surface area contributed by atoms with Crippen molar-refractivity contribution >= 4 is 23.7 Å². The van der Waals surface area contributed by atoms with Crippen LogP contribution in [0.2, 0.25) is 0 Å². The maximum atomic E-state index is 12.1. The molecule has 1 amide bonds. The van der Waals surface area contributed by atoms with Gasteiger partial charge in [0, 0.05) is 18.2 Å². The average molecular weight is 445 g/mol. The van der Waals surface area contributed by atoms with Crippen LogP contribution in [0.3, 0.4) is 0 Å². The summed E-state index contributed by atoms with van der Waals surface area (Å²) in [6, 6.07) is 12.2. The highest BCUT2D eigenvalue weighted by Crippen LogP contribution is 2.23. The summed E-state index contributed by atoms with van der Waals surface area (Å²) in [6.07, 6.45) is -0.137. The Morgan fingerprint density at radius 2 is 1.62 bits per heavy atom. The van der Waals surface area contributed by atoms with Gasteiger partial charge in [-0.3, -0.25) is 14.9 Å². The van der Waals surface area contributed by atoms with Crippen LogP contribution >= 0.6 is 0 Å². The monoisotopic (exact) mass is 445 g/mol. The summed E-state index contributed by atoms with van der Waals surface area (Å²) < 4.78 is 25.1. The standard InChI is InChI=1S/C23H27NO8/c1-28-18-7-5-6-17(14-18)24-23(27)32-11-10-16-12-15(8-9-20(16)29-2)13-19(21(25)30-3)22(26)31-4/h5-9,12,14,19H,10-11,13H2,1-4H3,(H,24,27). The lowest BCUT2D eigenvalue weighted by Crippen LogP contribution is -2.28. The molecule has 0 saturated carbocycles. The minimum absolute atomic E-state index is 0.0903. The minimum atomic E-state index is -1.07. The van der Waals surface area contributed by atoms with Crippen LogP contribution in [0.5, 0.6) is 11.5 Å².